The molecule has 0 unspecified atom stereocenters. The Kier molecular flexibility index (Phi) is 8.97. The fourth-order valence-corrected chi connectivity index (χ4v) is 6.81. The molecule has 2 atom stereocenters. The van der Waals surface area contributed by atoms with E-state index >= 15 is 0 Å². The zero-order valence-electron chi connectivity index (χ0n) is 23.9. The predicted octanol–water partition coefficient (Wildman–Crippen LogP) is 2.91. The molecule has 0 aliphatic carbocycles. The number of sulfonamides is 1. The van der Waals surface area contributed by atoms with Crippen molar-refractivity contribution in [2.24, 2.45) is 0 Å². The third kappa shape index (κ3) is 6.35. The van der Waals surface area contributed by atoms with E-state index in [-0.39, 0.29) is 29.7 Å². The molecule has 3 amide bonds. The summed E-state index contributed by atoms with van der Waals surface area (Å²) in [5, 5.41) is 2.92. The Morgan fingerprint density at radius 3 is 2.44 bits per heavy atom. The van der Waals surface area contributed by atoms with Gasteiger partial charge in [0.25, 0.3) is 15.9 Å². The number of benzene rings is 3. The first-order valence-corrected chi connectivity index (χ1v) is 15.3. The van der Waals surface area contributed by atoms with Gasteiger partial charge in [-0.2, -0.15) is 0 Å². The lowest BCUT2D eigenvalue weighted by Crippen LogP contribution is -2.48. The van der Waals surface area contributed by atoms with Crippen LogP contribution in [0.1, 0.15) is 40.4 Å². The van der Waals surface area contributed by atoms with Crippen LogP contribution in [0.4, 0.5) is 0 Å². The van der Waals surface area contributed by atoms with Gasteiger partial charge in [-0.15, -0.1) is 0 Å². The predicted molar refractivity (Wildman–Crippen MR) is 156 cm³/mol. The smallest absolute Gasteiger partial charge is 0.269 e. The lowest BCUT2D eigenvalue weighted by atomic mass is 10.0. The average molecular weight is 608 g/mol. The van der Waals surface area contributed by atoms with Crippen LogP contribution in [0.2, 0.25) is 0 Å². The molecule has 0 radical (unpaired) electrons. The number of amides is 3. The zero-order chi connectivity index (χ0) is 30.6. The van der Waals surface area contributed by atoms with Crippen LogP contribution in [0.15, 0.2) is 77.7 Å². The molecular formula is C31H33N3O8S. The third-order valence-corrected chi connectivity index (χ3v) is 9.28. The van der Waals surface area contributed by atoms with E-state index in [0.29, 0.717) is 33.5 Å². The molecule has 0 saturated carbocycles. The maximum absolute atomic E-state index is 14.2. The van der Waals surface area contributed by atoms with Gasteiger partial charge < -0.3 is 24.4 Å². The number of nitrogens with one attached hydrogen (secondary N) is 1. The molecule has 3 aromatic carbocycles. The third-order valence-electron chi connectivity index (χ3n) is 7.50. The monoisotopic (exact) mass is 607 g/mol. The van der Waals surface area contributed by atoms with E-state index < -0.39 is 40.3 Å². The highest BCUT2D eigenvalue weighted by atomic mass is 32.2. The average Bonchev–Trinajstić information content (AvgIpc) is 3.61. The van der Waals surface area contributed by atoms with Gasteiger partial charge in [-0.25, -0.2) is 12.7 Å². The minimum atomic E-state index is -4.27. The van der Waals surface area contributed by atoms with Crippen LogP contribution >= 0.6 is 0 Å². The van der Waals surface area contributed by atoms with Crippen LogP contribution in [-0.4, -0.2) is 75.4 Å². The van der Waals surface area contributed by atoms with Crippen LogP contribution in [0.5, 0.6) is 11.5 Å². The van der Waals surface area contributed by atoms with Crippen molar-refractivity contribution in [2.45, 2.75) is 36.4 Å². The molecule has 226 valence electrons. The molecule has 1 N–H and O–H groups in total. The Bertz CT molecular complexity index is 1620. The van der Waals surface area contributed by atoms with E-state index in [2.05, 4.69) is 5.32 Å². The van der Waals surface area contributed by atoms with Crippen molar-refractivity contribution >= 4 is 27.7 Å². The highest BCUT2D eigenvalue weighted by Crippen LogP contribution is 2.32. The number of carbonyl (C=O) groups excluding carboxylic acids is 3. The minimum absolute atomic E-state index is 0.00621. The van der Waals surface area contributed by atoms with Gasteiger partial charge in [-0.05, 0) is 60.4 Å². The maximum Gasteiger partial charge on any atom is 0.269 e. The van der Waals surface area contributed by atoms with Crippen molar-refractivity contribution in [3.05, 3.63) is 89.5 Å². The Balaban J connectivity index is 1.53. The van der Waals surface area contributed by atoms with Crippen LogP contribution in [-0.2, 0) is 30.9 Å². The van der Waals surface area contributed by atoms with Crippen molar-refractivity contribution in [3.63, 3.8) is 0 Å². The number of rotatable bonds is 11. The minimum Gasteiger partial charge on any atom is -0.497 e. The standard InChI is InChI=1S/C31H33N3O8S/c1-40-23-10-5-8-21(16-23)19-33(28(35)20-34-31(37)26-13-3-4-14-27(26)43(34,38)39)29(22-9-6-11-24(17-22)41-2)30(36)32-18-25-12-7-15-42-25/h3-6,8-11,13-14,16-17,25,29H,7,12,15,18-20H2,1-2H3,(H,32,36)/t25-,29-/m1/s1. The summed E-state index contributed by atoms with van der Waals surface area (Å²) in [6.45, 7) is -0.0184. The van der Waals surface area contributed by atoms with Gasteiger partial charge in [0.2, 0.25) is 11.8 Å². The summed E-state index contributed by atoms with van der Waals surface area (Å²) in [4.78, 5) is 42.4. The first-order chi connectivity index (χ1) is 20.7. The lowest BCUT2D eigenvalue weighted by molar-refractivity contribution is -0.141. The van der Waals surface area contributed by atoms with Gasteiger partial charge in [-0.1, -0.05) is 36.4 Å². The molecule has 3 aromatic rings. The molecule has 0 spiro atoms. The van der Waals surface area contributed by atoms with E-state index in [1.54, 1.807) is 54.6 Å². The number of fused-ring (bicyclic) bond motifs is 1. The maximum atomic E-state index is 14.2. The number of hydrogen-bond donors (Lipinski definition) is 1. The fourth-order valence-electron chi connectivity index (χ4n) is 5.29. The second kappa shape index (κ2) is 12.8. The summed E-state index contributed by atoms with van der Waals surface area (Å²) < 4.78 is 43.6. The molecule has 11 nitrogen and oxygen atoms in total. The molecular weight excluding hydrogens is 574 g/mol. The highest BCUT2D eigenvalue weighted by Gasteiger charge is 2.43. The van der Waals surface area contributed by atoms with Gasteiger partial charge in [-0.3, -0.25) is 14.4 Å². The molecule has 43 heavy (non-hydrogen) atoms. The van der Waals surface area contributed by atoms with E-state index in [0.717, 1.165) is 12.8 Å². The summed E-state index contributed by atoms with van der Waals surface area (Å²) in [6.07, 6.45) is 1.54. The van der Waals surface area contributed by atoms with Crippen LogP contribution in [0.25, 0.3) is 0 Å². The summed E-state index contributed by atoms with van der Waals surface area (Å²) in [6, 6.07) is 18.4. The van der Waals surface area contributed by atoms with Crippen molar-refractivity contribution in [1.29, 1.82) is 0 Å². The number of carbonyl (C=O) groups is 3. The van der Waals surface area contributed by atoms with Gasteiger partial charge in [0.05, 0.1) is 25.9 Å². The Hall–Kier alpha value is -4.42. The highest BCUT2D eigenvalue weighted by molar-refractivity contribution is 7.90. The second-order valence-electron chi connectivity index (χ2n) is 10.2. The van der Waals surface area contributed by atoms with Crippen molar-refractivity contribution in [1.82, 2.24) is 14.5 Å². The molecule has 2 aliphatic heterocycles. The molecule has 2 heterocycles. The fraction of sp³-hybridized carbons (Fsp3) is 0.323. The van der Waals surface area contributed by atoms with Gasteiger partial charge in [0, 0.05) is 19.7 Å². The number of nitrogens with zero attached hydrogens (tertiary/aromatic N) is 2. The molecule has 1 fully saturated rings. The van der Waals surface area contributed by atoms with E-state index in [1.165, 1.54) is 37.3 Å². The summed E-state index contributed by atoms with van der Waals surface area (Å²) in [5.74, 6) is -1.02. The van der Waals surface area contributed by atoms with E-state index in [1.807, 2.05) is 0 Å². The molecule has 1 saturated heterocycles. The van der Waals surface area contributed by atoms with Crippen LogP contribution < -0.4 is 14.8 Å². The van der Waals surface area contributed by atoms with Crippen LogP contribution in [0.3, 0.4) is 0 Å². The molecule has 0 bridgehead atoms. The topological polar surface area (TPSA) is 132 Å². The van der Waals surface area contributed by atoms with E-state index in [4.69, 9.17) is 14.2 Å². The normalized spacial score (nSPS) is 17.7. The summed E-state index contributed by atoms with van der Waals surface area (Å²) in [5.41, 5.74) is 1.07. The second-order valence-corrected chi connectivity index (χ2v) is 12.1. The van der Waals surface area contributed by atoms with Crippen molar-refractivity contribution < 1.29 is 37.0 Å². The Morgan fingerprint density at radius 2 is 1.74 bits per heavy atom. The van der Waals surface area contributed by atoms with Crippen molar-refractivity contribution in [3.8, 4) is 11.5 Å². The number of methoxy groups -OCH3 is 2. The van der Waals surface area contributed by atoms with Gasteiger partial charge in [0.15, 0.2) is 0 Å². The molecule has 2 aliphatic rings. The first-order valence-electron chi connectivity index (χ1n) is 13.8. The number of ether oxygens (including phenoxy) is 3. The first kappa shape index (κ1) is 30.1. The quantitative estimate of drug-likeness (QED) is 0.352. The van der Waals surface area contributed by atoms with Crippen molar-refractivity contribution in [2.75, 3.05) is 33.9 Å². The van der Waals surface area contributed by atoms with Gasteiger partial charge >= 0.3 is 0 Å². The molecule has 12 heteroatoms. The van der Waals surface area contributed by atoms with Crippen LogP contribution in [0, 0.1) is 0 Å². The molecule has 5 rings (SSSR count). The van der Waals surface area contributed by atoms with E-state index in [9.17, 15) is 22.8 Å². The summed E-state index contributed by atoms with van der Waals surface area (Å²) in [7, 11) is -1.26. The Labute approximate surface area is 250 Å². The number of hydrogen-bond acceptors (Lipinski definition) is 8. The Morgan fingerprint density at radius 1 is 1.02 bits per heavy atom. The van der Waals surface area contributed by atoms with Gasteiger partial charge in [0.1, 0.15) is 29.0 Å². The zero-order valence-corrected chi connectivity index (χ0v) is 24.7. The lowest BCUT2D eigenvalue weighted by Gasteiger charge is -2.33. The molecule has 0 aromatic heterocycles. The largest absolute Gasteiger partial charge is 0.497 e. The SMILES string of the molecule is COc1cccc(CN(C(=O)CN2C(=O)c3ccccc3S2(=O)=O)[C@@H](C(=O)NC[C@H]2CCCO2)c2cccc(OC)c2)c1. The summed E-state index contributed by atoms with van der Waals surface area (Å²) >= 11 is 0.